The maximum Gasteiger partial charge on any atom is 0.330 e. The van der Waals surface area contributed by atoms with Gasteiger partial charge in [0.2, 0.25) is 0 Å². The molecular weight excluding hydrogens is 424 g/mol. The molecule has 1 heterocycles. The Balaban J connectivity index is 1.92. The van der Waals surface area contributed by atoms with Gasteiger partial charge in [0.25, 0.3) is 5.91 Å². The second kappa shape index (κ2) is 9.11. The fourth-order valence-corrected chi connectivity index (χ4v) is 4.55. The number of carboxylic acids is 1. The van der Waals surface area contributed by atoms with Gasteiger partial charge in [-0.05, 0) is 11.6 Å². The summed E-state index contributed by atoms with van der Waals surface area (Å²) in [7, 11) is -1.57. The zero-order chi connectivity index (χ0) is 22.7. The largest absolute Gasteiger partial charge is 0.479 e. The first-order valence-corrected chi connectivity index (χ1v) is 11.4. The highest BCUT2D eigenvalue weighted by atomic mass is 32.2. The molecule has 0 aliphatic rings. The van der Waals surface area contributed by atoms with Crippen LogP contribution in [-0.2, 0) is 15.6 Å². The minimum Gasteiger partial charge on any atom is -0.479 e. The molecule has 160 valence electrons. The third kappa shape index (κ3) is 4.15. The van der Waals surface area contributed by atoms with Gasteiger partial charge in [-0.15, -0.1) is 0 Å². The first-order valence-electron chi connectivity index (χ1n) is 9.87. The fourth-order valence-electron chi connectivity index (χ4n) is 3.63. The summed E-state index contributed by atoms with van der Waals surface area (Å²) in [4.78, 5) is 30.4. The molecule has 1 unspecified atom stereocenters. The molecule has 0 saturated carbocycles. The van der Waals surface area contributed by atoms with Crippen molar-refractivity contribution in [2.45, 2.75) is 10.9 Å². The molecule has 0 aliphatic heterocycles. The van der Waals surface area contributed by atoms with E-state index in [1.165, 1.54) is 6.26 Å². The summed E-state index contributed by atoms with van der Waals surface area (Å²) in [6.45, 7) is 0. The number of carboxylic acid groups (broad SMARTS) is 1. The number of aromatic nitrogens is 1. The molecule has 6 nitrogen and oxygen atoms in total. The van der Waals surface area contributed by atoms with Crippen molar-refractivity contribution in [3.63, 3.8) is 0 Å². The number of carbonyl (C=O) groups is 2. The van der Waals surface area contributed by atoms with Crippen LogP contribution in [0.5, 0.6) is 0 Å². The van der Waals surface area contributed by atoms with Crippen LogP contribution >= 0.6 is 0 Å². The van der Waals surface area contributed by atoms with Gasteiger partial charge in [-0.1, -0.05) is 78.9 Å². The second-order valence-electron chi connectivity index (χ2n) is 7.16. The van der Waals surface area contributed by atoms with Crippen LogP contribution in [0.25, 0.3) is 22.2 Å². The van der Waals surface area contributed by atoms with Crippen molar-refractivity contribution in [1.82, 2.24) is 10.3 Å². The molecule has 0 aliphatic carbocycles. The average molecular weight is 445 g/mol. The lowest BCUT2D eigenvalue weighted by molar-refractivity contribution is -0.139. The minimum absolute atomic E-state index is 0.164. The number of benzene rings is 3. The van der Waals surface area contributed by atoms with Crippen LogP contribution in [0.3, 0.4) is 0 Å². The number of hydrogen-bond donors (Lipinski definition) is 2. The molecule has 3 aromatic carbocycles. The summed E-state index contributed by atoms with van der Waals surface area (Å²) in [6.07, 6.45) is 1.49. The molecule has 32 heavy (non-hydrogen) atoms. The molecule has 0 bridgehead atoms. The zero-order valence-corrected chi connectivity index (χ0v) is 18.0. The van der Waals surface area contributed by atoms with Crippen LogP contribution in [-0.4, -0.2) is 32.4 Å². The lowest BCUT2D eigenvalue weighted by atomic mass is 10.0. The van der Waals surface area contributed by atoms with Gasteiger partial charge < -0.3 is 10.4 Å². The Morgan fingerprint density at radius 3 is 2.12 bits per heavy atom. The van der Waals surface area contributed by atoms with Gasteiger partial charge >= 0.3 is 5.97 Å². The normalized spacial score (nSPS) is 12.8. The molecule has 2 atom stereocenters. The predicted molar refractivity (Wildman–Crippen MR) is 124 cm³/mol. The molecule has 0 saturated heterocycles. The van der Waals surface area contributed by atoms with E-state index < -0.39 is 28.7 Å². The molecule has 0 spiro atoms. The maximum absolute atomic E-state index is 13.5. The molecular formula is C25H20N2O4S. The van der Waals surface area contributed by atoms with Gasteiger partial charge in [0.1, 0.15) is 0 Å². The fraction of sp³-hybridized carbons (Fsp3) is 0.0800. The lowest BCUT2D eigenvalue weighted by Gasteiger charge is -2.19. The highest BCUT2D eigenvalue weighted by molar-refractivity contribution is 7.84. The van der Waals surface area contributed by atoms with Crippen molar-refractivity contribution in [2.75, 3.05) is 6.26 Å². The van der Waals surface area contributed by atoms with Crippen LogP contribution in [0.2, 0.25) is 0 Å². The Morgan fingerprint density at radius 2 is 1.50 bits per heavy atom. The van der Waals surface area contributed by atoms with Crippen LogP contribution in [0.4, 0.5) is 0 Å². The number of nitrogens with zero attached hydrogens (tertiary/aromatic N) is 1. The summed E-state index contributed by atoms with van der Waals surface area (Å²) in [5.74, 6) is -1.81. The van der Waals surface area contributed by atoms with E-state index in [0.29, 0.717) is 22.2 Å². The third-order valence-corrected chi connectivity index (χ3v) is 6.04. The van der Waals surface area contributed by atoms with Gasteiger partial charge in [0, 0.05) is 17.2 Å². The average Bonchev–Trinajstić information content (AvgIpc) is 2.82. The van der Waals surface area contributed by atoms with E-state index in [-0.39, 0.29) is 10.5 Å². The number of hydrogen-bond acceptors (Lipinski definition) is 4. The van der Waals surface area contributed by atoms with Gasteiger partial charge in [-0.25, -0.2) is 9.78 Å². The summed E-state index contributed by atoms with van der Waals surface area (Å²) in [6, 6.07) is 23.5. The third-order valence-electron chi connectivity index (χ3n) is 5.06. The highest BCUT2D eigenvalue weighted by Gasteiger charge is 2.28. The predicted octanol–water partition coefficient (Wildman–Crippen LogP) is 4.19. The van der Waals surface area contributed by atoms with E-state index >= 15 is 0 Å². The lowest BCUT2D eigenvalue weighted by Crippen LogP contribution is -2.34. The molecule has 0 radical (unpaired) electrons. The number of carbonyl (C=O) groups excluding carboxylic acids is 1. The van der Waals surface area contributed by atoms with Crippen molar-refractivity contribution in [3.8, 4) is 11.3 Å². The van der Waals surface area contributed by atoms with Gasteiger partial charge in [-0.3, -0.25) is 9.00 Å². The highest BCUT2D eigenvalue weighted by Crippen LogP contribution is 2.32. The number of para-hydroxylation sites is 1. The van der Waals surface area contributed by atoms with Crippen molar-refractivity contribution >= 4 is 33.6 Å². The molecule has 1 amide bonds. The Morgan fingerprint density at radius 1 is 0.906 bits per heavy atom. The summed E-state index contributed by atoms with van der Waals surface area (Å²) >= 11 is 0. The SMILES string of the molecule is C[S@@](=O)c1c(-c2ccccc2)nc2ccccc2c1C(=O)NC(C(=O)O)c1ccccc1. The van der Waals surface area contributed by atoms with Gasteiger partial charge in [-0.2, -0.15) is 0 Å². The van der Waals surface area contributed by atoms with Crippen LogP contribution in [0, 0.1) is 0 Å². The first kappa shape index (κ1) is 21.4. The molecule has 7 heteroatoms. The summed E-state index contributed by atoms with van der Waals surface area (Å²) in [5.41, 5.74) is 2.31. The summed E-state index contributed by atoms with van der Waals surface area (Å²) < 4.78 is 12.9. The van der Waals surface area contributed by atoms with Crippen molar-refractivity contribution < 1.29 is 18.9 Å². The molecule has 2 N–H and O–H groups in total. The van der Waals surface area contributed by atoms with E-state index in [9.17, 15) is 18.9 Å². The van der Waals surface area contributed by atoms with Crippen molar-refractivity contribution in [3.05, 3.63) is 96.1 Å². The number of amides is 1. The number of pyridine rings is 1. The quantitative estimate of drug-likeness (QED) is 0.465. The number of rotatable bonds is 6. The Kier molecular flexibility index (Phi) is 6.09. The van der Waals surface area contributed by atoms with E-state index in [4.69, 9.17) is 4.98 Å². The Hall–Kier alpha value is -3.84. The Bertz CT molecular complexity index is 1320. The van der Waals surface area contributed by atoms with Crippen LogP contribution in [0.1, 0.15) is 22.0 Å². The van der Waals surface area contributed by atoms with Crippen molar-refractivity contribution in [2.24, 2.45) is 0 Å². The number of aliphatic carboxylic acids is 1. The summed E-state index contributed by atoms with van der Waals surface area (Å²) in [5, 5.41) is 12.9. The topological polar surface area (TPSA) is 96.4 Å². The van der Waals surface area contributed by atoms with E-state index in [0.717, 1.165) is 5.56 Å². The number of fused-ring (bicyclic) bond motifs is 1. The van der Waals surface area contributed by atoms with E-state index in [2.05, 4.69) is 5.32 Å². The smallest absolute Gasteiger partial charge is 0.330 e. The van der Waals surface area contributed by atoms with E-state index in [1.807, 2.05) is 30.3 Å². The molecule has 4 aromatic rings. The maximum atomic E-state index is 13.5. The first-order chi connectivity index (χ1) is 15.5. The zero-order valence-electron chi connectivity index (χ0n) is 17.2. The number of nitrogens with one attached hydrogen (secondary N) is 1. The second-order valence-corrected chi connectivity index (χ2v) is 8.47. The molecule has 0 fully saturated rings. The minimum atomic E-state index is -1.57. The standard InChI is InChI=1S/C25H20N2O4S/c1-32(31)23-20(24(28)27-22(25(29)30)17-12-6-3-7-13-17)18-14-8-9-15-19(18)26-21(23)16-10-4-2-5-11-16/h2-15,22H,1H3,(H,27,28)(H,29,30)/t22?,32-/m1/s1. The molecule has 1 aromatic heterocycles. The van der Waals surface area contributed by atoms with E-state index in [1.54, 1.807) is 54.6 Å². The monoisotopic (exact) mass is 444 g/mol. The molecule has 4 rings (SSSR count). The van der Waals surface area contributed by atoms with Crippen LogP contribution in [0.15, 0.2) is 89.8 Å². The Labute approximate surface area is 187 Å². The van der Waals surface area contributed by atoms with Gasteiger partial charge in [0.15, 0.2) is 6.04 Å². The van der Waals surface area contributed by atoms with Crippen LogP contribution < -0.4 is 5.32 Å². The van der Waals surface area contributed by atoms with Gasteiger partial charge in [0.05, 0.1) is 32.5 Å². The van der Waals surface area contributed by atoms with Crippen molar-refractivity contribution in [1.29, 1.82) is 0 Å².